The van der Waals surface area contributed by atoms with Crippen molar-refractivity contribution in [3.8, 4) is 0 Å². The van der Waals surface area contributed by atoms with Crippen LogP contribution in [0, 0.1) is 5.92 Å². The average Bonchev–Trinajstić information content (AvgIpc) is 2.43. The lowest BCUT2D eigenvalue weighted by atomic mass is 10.0. The Kier molecular flexibility index (Phi) is 7.90. The number of amides is 1. The molecule has 0 fully saturated rings. The van der Waals surface area contributed by atoms with Gasteiger partial charge in [0.25, 0.3) is 0 Å². The number of aliphatic carboxylic acids is 1. The number of carbonyl (C=O) groups is 2. The quantitative estimate of drug-likeness (QED) is 0.688. The summed E-state index contributed by atoms with van der Waals surface area (Å²) in [4.78, 5) is 22.6. The molecule has 1 amide bonds. The minimum absolute atomic E-state index is 0.0297. The van der Waals surface area contributed by atoms with Crippen LogP contribution in [0.15, 0.2) is 30.3 Å². The summed E-state index contributed by atoms with van der Waals surface area (Å²) in [7, 11) is 0. The lowest BCUT2D eigenvalue weighted by molar-refractivity contribution is -0.138. The van der Waals surface area contributed by atoms with E-state index in [9.17, 15) is 9.59 Å². The highest BCUT2D eigenvalue weighted by atomic mass is 32.2. The van der Waals surface area contributed by atoms with Crippen LogP contribution in [0.4, 0.5) is 0 Å². The van der Waals surface area contributed by atoms with Crippen LogP contribution in [0.25, 0.3) is 0 Å². The third kappa shape index (κ3) is 7.75. The Morgan fingerprint density at radius 1 is 1.24 bits per heavy atom. The van der Waals surface area contributed by atoms with Crippen LogP contribution in [-0.4, -0.2) is 34.5 Å². The van der Waals surface area contributed by atoms with E-state index in [1.54, 1.807) is 11.8 Å². The van der Waals surface area contributed by atoms with E-state index in [1.807, 2.05) is 32.0 Å². The highest BCUT2D eigenvalue weighted by molar-refractivity contribution is 7.99. The number of hydrogen-bond acceptors (Lipinski definition) is 3. The predicted molar refractivity (Wildman–Crippen MR) is 86.5 cm³/mol. The zero-order valence-corrected chi connectivity index (χ0v) is 13.4. The van der Waals surface area contributed by atoms with Gasteiger partial charge in [0.2, 0.25) is 5.91 Å². The molecule has 1 rings (SSSR count). The van der Waals surface area contributed by atoms with Gasteiger partial charge in [-0.1, -0.05) is 44.2 Å². The van der Waals surface area contributed by atoms with E-state index >= 15 is 0 Å². The summed E-state index contributed by atoms with van der Waals surface area (Å²) >= 11 is 1.57. The molecule has 1 aromatic carbocycles. The summed E-state index contributed by atoms with van der Waals surface area (Å²) in [5, 5.41) is 11.6. The number of benzene rings is 1. The Bertz CT molecular complexity index is 448. The molecule has 1 atom stereocenters. The molecule has 1 aromatic rings. The molecule has 0 spiro atoms. The first-order chi connectivity index (χ1) is 9.99. The molecular formula is C16H23NO3S. The first kappa shape index (κ1) is 17.6. The molecular weight excluding hydrogens is 286 g/mol. The maximum absolute atomic E-state index is 11.8. The molecule has 2 N–H and O–H groups in total. The van der Waals surface area contributed by atoms with E-state index in [2.05, 4.69) is 17.4 Å². The highest BCUT2D eigenvalue weighted by Gasteiger charge is 2.19. The van der Waals surface area contributed by atoms with Crippen LogP contribution in [0.5, 0.6) is 0 Å². The molecule has 21 heavy (non-hydrogen) atoms. The van der Waals surface area contributed by atoms with Crippen molar-refractivity contribution in [2.75, 3.05) is 11.5 Å². The number of hydrogen-bond donors (Lipinski definition) is 2. The first-order valence-electron chi connectivity index (χ1n) is 7.12. The molecule has 4 nitrogen and oxygen atoms in total. The Morgan fingerprint density at radius 2 is 1.90 bits per heavy atom. The molecule has 0 bridgehead atoms. The van der Waals surface area contributed by atoms with Gasteiger partial charge in [0.1, 0.15) is 0 Å². The van der Waals surface area contributed by atoms with E-state index in [0.717, 1.165) is 12.2 Å². The van der Waals surface area contributed by atoms with Crippen molar-refractivity contribution >= 4 is 23.6 Å². The summed E-state index contributed by atoms with van der Waals surface area (Å²) < 4.78 is 0. The molecule has 0 saturated heterocycles. The van der Waals surface area contributed by atoms with E-state index in [4.69, 9.17) is 5.11 Å². The highest BCUT2D eigenvalue weighted by Crippen LogP contribution is 2.09. The van der Waals surface area contributed by atoms with Crippen molar-refractivity contribution in [2.24, 2.45) is 5.92 Å². The van der Waals surface area contributed by atoms with Gasteiger partial charge in [0.05, 0.1) is 12.2 Å². The maximum atomic E-state index is 11.8. The fourth-order valence-electron chi connectivity index (χ4n) is 1.89. The number of carbonyl (C=O) groups excluding carboxylic acids is 1. The molecule has 0 heterocycles. The van der Waals surface area contributed by atoms with Gasteiger partial charge in [-0.3, -0.25) is 9.59 Å². The van der Waals surface area contributed by atoms with Gasteiger partial charge in [-0.2, -0.15) is 11.8 Å². The van der Waals surface area contributed by atoms with Gasteiger partial charge >= 0.3 is 5.97 Å². The molecule has 0 saturated carbocycles. The molecule has 0 aliphatic heterocycles. The van der Waals surface area contributed by atoms with E-state index in [1.165, 1.54) is 5.56 Å². The van der Waals surface area contributed by atoms with E-state index in [0.29, 0.717) is 5.75 Å². The Balaban J connectivity index is 2.25. The van der Waals surface area contributed by atoms with Crippen LogP contribution in [0.3, 0.4) is 0 Å². The van der Waals surface area contributed by atoms with Crippen molar-refractivity contribution in [1.82, 2.24) is 5.32 Å². The Labute approximate surface area is 130 Å². The normalized spacial score (nSPS) is 12.1. The maximum Gasteiger partial charge on any atom is 0.305 e. The first-order valence-corrected chi connectivity index (χ1v) is 8.27. The van der Waals surface area contributed by atoms with Crippen LogP contribution in [0.2, 0.25) is 0 Å². The monoisotopic (exact) mass is 309 g/mol. The zero-order chi connectivity index (χ0) is 15.7. The second-order valence-electron chi connectivity index (χ2n) is 5.30. The molecule has 0 aliphatic carbocycles. The fourth-order valence-corrected chi connectivity index (χ4v) is 2.68. The van der Waals surface area contributed by atoms with Crippen molar-refractivity contribution < 1.29 is 14.7 Å². The van der Waals surface area contributed by atoms with Gasteiger partial charge in [-0.05, 0) is 23.7 Å². The molecule has 116 valence electrons. The van der Waals surface area contributed by atoms with Crippen LogP contribution in [0.1, 0.15) is 25.8 Å². The number of rotatable bonds is 9. The second kappa shape index (κ2) is 9.45. The van der Waals surface area contributed by atoms with Gasteiger partial charge in [0.15, 0.2) is 0 Å². The minimum Gasteiger partial charge on any atom is -0.481 e. The minimum atomic E-state index is -0.884. The third-order valence-electron chi connectivity index (χ3n) is 3.16. The van der Waals surface area contributed by atoms with Crippen LogP contribution in [-0.2, 0) is 16.0 Å². The Hall–Kier alpha value is -1.49. The van der Waals surface area contributed by atoms with Gasteiger partial charge in [0, 0.05) is 6.04 Å². The summed E-state index contributed by atoms with van der Waals surface area (Å²) in [5.74, 6) is 0.386. The summed E-state index contributed by atoms with van der Waals surface area (Å²) in [5.41, 5.74) is 1.26. The number of thioether (sulfide) groups is 1. The summed E-state index contributed by atoms with van der Waals surface area (Å²) in [6.45, 7) is 3.83. The molecule has 0 radical (unpaired) electrons. The summed E-state index contributed by atoms with van der Waals surface area (Å²) in [6, 6.07) is 9.84. The summed E-state index contributed by atoms with van der Waals surface area (Å²) in [6.07, 6.45) is 0.902. The molecule has 0 aliphatic rings. The van der Waals surface area contributed by atoms with Gasteiger partial charge in [-0.15, -0.1) is 0 Å². The lowest BCUT2D eigenvalue weighted by Gasteiger charge is -2.20. The van der Waals surface area contributed by atoms with Crippen molar-refractivity contribution in [3.05, 3.63) is 35.9 Å². The third-order valence-corrected chi connectivity index (χ3v) is 4.12. The SMILES string of the molecule is CC(C)C(CC(=O)O)NC(=O)CSCCc1ccccc1. The van der Waals surface area contributed by atoms with Crippen molar-refractivity contribution in [1.29, 1.82) is 0 Å². The number of carboxylic acid groups (broad SMARTS) is 1. The van der Waals surface area contributed by atoms with E-state index in [-0.39, 0.29) is 24.3 Å². The zero-order valence-electron chi connectivity index (χ0n) is 12.5. The largest absolute Gasteiger partial charge is 0.481 e. The average molecular weight is 309 g/mol. The van der Waals surface area contributed by atoms with Crippen molar-refractivity contribution in [3.63, 3.8) is 0 Å². The van der Waals surface area contributed by atoms with Crippen LogP contribution >= 0.6 is 11.8 Å². The number of carboxylic acids is 1. The standard InChI is InChI=1S/C16H23NO3S/c1-12(2)14(10-16(19)20)17-15(18)11-21-9-8-13-6-4-3-5-7-13/h3-7,12,14H,8-11H2,1-2H3,(H,17,18)(H,19,20). The molecule has 5 heteroatoms. The topological polar surface area (TPSA) is 66.4 Å². The lowest BCUT2D eigenvalue weighted by Crippen LogP contribution is -2.41. The fraction of sp³-hybridized carbons (Fsp3) is 0.500. The predicted octanol–water partition coefficient (Wildman–Crippen LogP) is 2.58. The number of aryl methyl sites for hydroxylation is 1. The van der Waals surface area contributed by atoms with Gasteiger partial charge < -0.3 is 10.4 Å². The molecule has 1 unspecified atom stereocenters. The molecule has 0 aromatic heterocycles. The Morgan fingerprint density at radius 3 is 2.48 bits per heavy atom. The van der Waals surface area contributed by atoms with Gasteiger partial charge in [-0.25, -0.2) is 0 Å². The smallest absolute Gasteiger partial charge is 0.305 e. The van der Waals surface area contributed by atoms with Crippen molar-refractivity contribution in [2.45, 2.75) is 32.7 Å². The van der Waals surface area contributed by atoms with Crippen LogP contribution < -0.4 is 5.32 Å². The number of nitrogens with one attached hydrogen (secondary N) is 1. The van der Waals surface area contributed by atoms with E-state index < -0.39 is 5.97 Å². The second-order valence-corrected chi connectivity index (χ2v) is 6.41.